The van der Waals surface area contributed by atoms with Crippen molar-refractivity contribution in [3.8, 4) is 23.0 Å². The summed E-state index contributed by atoms with van der Waals surface area (Å²) in [6.45, 7) is 2.40. The Kier molecular flexibility index (Phi) is 7.12. The lowest BCUT2D eigenvalue weighted by molar-refractivity contribution is -0.132. The van der Waals surface area contributed by atoms with Crippen LogP contribution in [0.1, 0.15) is 24.1 Å². The minimum atomic E-state index is -1.04. The molecular weight excluding hydrogens is 520 g/mol. The summed E-state index contributed by atoms with van der Waals surface area (Å²) in [7, 11) is 4.54. The molecule has 200 valence electrons. The van der Waals surface area contributed by atoms with Gasteiger partial charge < -0.3 is 24.1 Å². The molecule has 0 spiro atoms. The number of rotatable bonds is 8. The fraction of sp³-hybridized carbons (Fsp3) is 0.207. The zero-order valence-corrected chi connectivity index (χ0v) is 22.6. The number of amides is 1. The van der Waals surface area contributed by atoms with E-state index in [1.54, 1.807) is 54.6 Å². The number of ether oxygens (including phenoxy) is 4. The van der Waals surface area contributed by atoms with E-state index in [0.717, 1.165) is 4.70 Å². The molecule has 9 nitrogen and oxygen atoms in total. The van der Waals surface area contributed by atoms with E-state index in [0.29, 0.717) is 51.4 Å². The predicted octanol–water partition coefficient (Wildman–Crippen LogP) is 5.35. The first-order valence-electron chi connectivity index (χ1n) is 12.1. The smallest absolute Gasteiger partial charge is 0.301 e. The third kappa shape index (κ3) is 4.63. The van der Waals surface area contributed by atoms with Crippen molar-refractivity contribution in [1.29, 1.82) is 0 Å². The average molecular weight is 547 g/mol. The lowest BCUT2D eigenvalue weighted by atomic mass is 9.94. The second kappa shape index (κ2) is 10.7. The molecule has 0 aliphatic carbocycles. The first kappa shape index (κ1) is 26.1. The number of fused-ring (bicyclic) bond motifs is 1. The van der Waals surface area contributed by atoms with Gasteiger partial charge >= 0.3 is 5.91 Å². The van der Waals surface area contributed by atoms with Crippen LogP contribution in [0.4, 0.5) is 5.13 Å². The Morgan fingerprint density at radius 2 is 1.62 bits per heavy atom. The van der Waals surface area contributed by atoms with Crippen LogP contribution < -0.4 is 23.8 Å². The fourth-order valence-corrected chi connectivity index (χ4v) is 5.55. The van der Waals surface area contributed by atoms with Crippen LogP contribution in [0.15, 0.2) is 66.2 Å². The number of aliphatic hydroxyl groups excluding tert-OH is 1. The SMILES string of the molecule is CCOc1ccc2nc(N3C(=O)C(=O)/C(=C(/O)c4ccc(OC)cc4)[C@H]3c3cc(OC)ccc3OC)sc2c1. The average Bonchev–Trinajstić information content (AvgIpc) is 3.49. The zero-order valence-electron chi connectivity index (χ0n) is 21.8. The molecule has 2 heterocycles. The van der Waals surface area contributed by atoms with Crippen molar-refractivity contribution in [2.75, 3.05) is 32.8 Å². The molecule has 0 radical (unpaired) electrons. The number of ketones is 1. The second-order valence-corrected chi connectivity index (χ2v) is 9.57. The van der Waals surface area contributed by atoms with Gasteiger partial charge in [0.25, 0.3) is 5.78 Å². The number of aromatic nitrogens is 1. The van der Waals surface area contributed by atoms with Crippen LogP contribution in [0.3, 0.4) is 0 Å². The van der Waals surface area contributed by atoms with Crippen LogP contribution >= 0.6 is 11.3 Å². The number of thiazole rings is 1. The van der Waals surface area contributed by atoms with E-state index in [4.69, 9.17) is 18.9 Å². The number of carbonyl (C=O) groups excluding carboxylic acids is 2. The number of benzene rings is 3. The second-order valence-electron chi connectivity index (χ2n) is 8.56. The standard InChI is InChI=1S/C29H26N2O7S/c1-5-38-19-10-12-21-23(15-19)39-29(30-21)31-25(20-14-18(36-3)11-13-22(20)37-4)24(27(33)28(31)34)26(32)16-6-8-17(35-2)9-7-16/h6-15,25,32H,5H2,1-4H3/b26-24+/t25-/m1/s1. The highest BCUT2D eigenvalue weighted by Gasteiger charge is 2.49. The Hall–Kier alpha value is -4.57. The molecule has 1 fully saturated rings. The first-order valence-corrected chi connectivity index (χ1v) is 12.9. The Morgan fingerprint density at radius 1 is 0.923 bits per heavy atom. The molecule has 0 unspecified atom stereocenters. The maximum atomic E-state index is 13.6. The molecule has 0 saturated carbocycles. The summed E-state index contributed by atoms with van der Waals surface area (Å²) < 4.78 is 22.7. The molecule has 0 bridgehead atoms. The van der Waals surface area contributed by atoms with E-state index >= 15 is 0 Å². The van der Waals surface area contributed by atoms with Gasteiger partial charge in [0.15, 0.2) is 5.13 Å². The lowest BCUT2D eigenvalue weighted by Crippen LogP contribution is -2.29. The highest BCUT2D eigenvalue weighted by molar-refractivity contribution is 7.22. The van der Waals surface area contributed by atoms with Crippen molar-refractivity contribution in [1.82, 2.24) is 4.98 Å². The molecule has 10 heteroatoms. The van der Waals surface area contributed by atoms with E-state index < -0.39 is 17.7 Å². The predicted molar refractivity (Wildman–Crippen MR) is 148 cm³/mol. The monoisotopic (exact) mass is 546 g/mol. The molecule has 1 aromatic heterocycles. The molecular formula is C29H26N2O7S. The molecule has 1 N–H and O–H groups in total. The van der Waals surface area contributed by atoms with E-state index in [9.17, 15) is 14.7 Å². The Labute approximate surface area is 228 Å². The Balaban J connectivity index is 1.74. The van der Waals surface area contributed by atoms with Gasteiger partial charge in [-0.1, -0.05) is 11.3 Å². The summed E-state index contributed by atoms with van der Waals surface area (Å²) >= 11 is 1.25. The third-order valence-corrected chi connectivity index (χ3v) is 7.42. The fourth-order valence-electron chi connectivity index (χ4n) is 4.53. The number of anilines is 1. The summed E-state index contributed by atoms with van der Waals surface area (Å²) in [5.41, 5.74) is 1.37. The van der Waals surface area contributed by atoms with Crippen molar-refractivity contribution in [2.45, 2.75) is 13.0 Å². The van der Waals surface area contributed by atoms with E-state index in [1.807, 2.05) is 13.0 Å². The van der Waals surface area contributed by atoms with Gasteiger partial charge in [-0.05, 0) is 67.6 Å². The molecule has 1 amide bonds. The van der Waals surface area contributed by atoms with Crippen LogP contribution in [0.2, 0.25) is 0 Å². The number of Topliss-reactive ketones (excluding diaryl/α,β-unsaturated/α-hetero) is 1. The van der Waals surface area contributed by atoms with Gasteiger partial charge in [-0.25, -0.2) is 4.98 Å². The molecule has 4 aromatic rings. The Morgan fingerprint density at radius 3 is 2.28 bits per heavy atom. The zero-order chi connectivity index (χ0) is 27.7. The molecule has 5 rings (SSSR count). The number of methoxy groups -OCH3 is 3. The van der Waals surface area contributed by atoms with Gasteiger partial charge in [-0.3, -0.25) is 14.5 Å². The molecule has 3 aromatic carbocycles. The normalized spacial score (nSPS) is 16.5. The number of carbonyl (C=O) groups is 2. The minimum Gasteiger partial charge on any atom is -0.507 e. The highest BCUT2D eigenvalue weighted by atomic mass is 32.1. The van der Waals surface area contributed by atoms with Crippen LogP contribution in [0.25, 0.3) is 16.0 Å². The van der Waals surface area contributed by atoms with Gasteiger partial charge in [0, 0.05) is 11.1 Å². The van der Waals surface area contributed by atoms with E-state index in [-0.39, 0.29) is 11.3 Å². The first-order chi connectivity index (χ1) is 18.9. The van der Waals surface area contributed by atoms with Crippen LogP contribution in [0.5, 0.6) is 23.0 Å². The largest absolute Gasteiger partial charge is 0.507 e. The van der Waals surface area contributed by atoms with E-state index in [1.165, 1.54) is 37.6 Å². The van der Waals surface area contributed by atoms with Crippen LogP contribution in [0, 0.1) is 0 Å². The molecule has 39 heavy (non-hydrogen) atoms. The van der Waals surface area contributed by atoms with Crippen LogP contribution in [-0.4, -0.2) is 49.7 Å². The van der Waals surface area contributed by atoms with Crippen molar-refractivity contribution >= 4 is 44.1 Å². The van der Waals surface area contributed by atoms with Crippen molar-refractivity contribution < 1.29 is 33.6 Å². The maximum absolute atomic E-state index is 13.6. The topological polar surface area (TPSA) is 107 Å². The van der Waals surface area contributed by atoms with Crippen molar-refractivity contribution in [3.05, 3.63) is 77.4 Å². The van der Waals surface area contributed by atoms with Crippen LogP contribution in [-0.2, 0) is 9.59 Å². The molecule has 1 aliphatic rings. The highest BCUT2D eigenvalue weighted by Crippen LogP contribution is 2.47. The van der Waals surface area contributed by atoms with Gasteiger partial charge in [-0.2, -0.15) is 0 Å². The van der Waals surface area contributed by atoms with Gasteiger partial charge in [0.2, 0.25) is 0 Å². The van der Waals surface area contributed by atoms with Gasteiger partial charge in [-0.15, -0.1) is 0 Å². The number of nitrogens with zero attached hydrogens (tertiary/aromatic N) is 2. The van der Waals surface area contributed by atoms with E-state index in [2.05, 4.69) is 4.98 Å². The minimum absolute atomic E-state index is 0.0917. The lowest BCUT2D eigenvalue weighted by Gasteiger charge is -2.25. The van der Waals surface area contributed by atoms with Gasteiger partial charge in [0.1, 0.15) is 34.8 Å². The van der Waals surface area contributed by atoms with Gasteiger partial charge in [0.05, 0.1) is 43.7 Å². The number of hydrogen-bond donors (Lipinski definition) is 1. The molecule has 1 atom stereocenters. The summed E-state index contributed by atoms with van der Waals surface area (Å²) in [6, 6.07) is 16.1. The summed E-state index contributed by atoms with van der Waals surface area (Å²) in [4.78, 5) is 33.2. The summed E-state index contributed by atoms with van der Waals surface area (Å²) in [6.07, 6.45) is 0. The summed E-state index contributed by atoms with van der Waals surface area (Å²) in [5.74, 6) is 0.177. The molecule has 1 saturated heterocycles. The Bertz CT molecular complexity index is 1590. The van der Waals surface area contributed by atoms with Crippen molar-refractivity contribution in [2.24, 2.45) is 0 Å². The number of hydrogen-bond acceptors (Lipinski definition) is 9. The maximum Gasteiger partial charge on any atom is 0.301 e. The third-order valence-electron chi connectivity index (χ3n) is 6.41. The van der Waals surface area contributed by atoms with Crippen molar-refractivity contribution in [3.63, 3.8) is 0 Å². The number of aliphatic hydroxyl groups is 1. The molecule has 1 aliphatic heterocycles. The summed E-state index contributed by atoms with van der Waals surface area (Å²) in [5, 5.41) is 11.7. The quantitative estimate of drug-likeness (QED) is 0.179.